The second kappa shape index (κ2) is 46.9. The van der Waals surface area contributed by atoms with Crippen molar-refractivity contribution in [2.75, 3.05) is 19.8 Å². The third-order valence-corrected chi connectivity index (χ3v) is 15.8. The standard InChI is InChI=1S/C60H117NO13/c1-3-5-7-9-11-13-15-17-19-21-22-23-24-25-26-27-28-30-32-34-36-38-40-42-44-52(65)61-48(49(64)43-41-39-37-35-33-31-29-20-18-16-14-12-10-8-6-4-2)47-71-59-57(70)55(68)58(51(46-63)73-59)74-60-56(69)54(67)53(66)50(45-62)72-60/h48-51,53-60,62-64,66-70H,3-47H2,1-2H3,(H,61,65)/t48-,49+,50+,51+,53-,54?,55?,56?,57?,58+,59+,60-/m0/s1. The first-order valence-electron chi connectivity index (χ1n) is 31.3. The molecule has 12 atom stereocenters. The zero-order chi connectivity index (χ0) is 53.9. The molecular weight excluding hydrogens is 943 g/mol. The first-order chi connectivity index (χ1) is 36.1. The second-order valence-corrected chi connectivity index (χ2v) is 22.6. The zero-order valence-corrected chi connectivity index (χ0v) is 47.4. The van der Waals surface area contributed by atoms with Gasteiger partial charge in [-0.15, -0.1) is 0 Å². The van der Waals surface area contributed by atoms with Gasteiger partial charge in [0.05, 0.1) is 32.0 Å². The molecule has 2 heterocycles. The minimum Gasteiger partial charge on any atom is -0.394 e. The minimum absolute atomic E-state index is 0.199. The van der Waals surface area contributed by atoms with E-state index in [-0.39, 0.29) is 12.5 Å². The summed E-state index contributed by atoms with van der Waals surface area (Å²) in [5.41, 5.74) is 0. The number of aliphatic hydroxyl groups is 8. The molecule has 0 aromatic carbocycles. The Morgan fingerprint density at radius 2 is 0.770 bits per heavy atom. The van der Waals surface area contributed by atoms with Crippen LogP contribution >= 0.6 is 0 Å². The minimum atomic E-state index is -1.78. The molecule has 14 heteroatoms. The van der Waals surface area contributed by atoms with E-state index >= 15 is 0 Å². The average molecular weight is 1060 g/mol. The van der Waals surface area contributed by atoms with Crippen molar-refractivity contribution in [3.05, 3.63) is 0 Å². The van der Waals surface area contributed by atoms with Gasteiger partial charge in [0.15, 0.2) is 12.6 Å². The molecule has 2 fully saturated rings. The van der Waals surface area contributed by atoms with E-state index in [2.05, 4.69) is 19.2 Å². The van der Waals surface area contributed by atoms with Crippen molar-refractivity contribution in [2.24, 2.45) is 0 Å². The number of unbranched alkanes of at least 4 members (excludes halogenated alkanes) is 38. The Labute approximate surface area is 451 Å². The fraction of sp³-hybridized carbons (Fsp3) is 0.983. The molecule has 4 unspecified atom stereocenters. The van der Waals surface area contributed by atoms with Crippen LogP contribution in [0, 0.1) is 0 Å². The Hall–Kier alpha value is -1.01. The molecule has 0 saturated carbocycles. The van der Waals surface area contributed by atoms with Crippen LogP contribution in [0.4, 0.5) is 0 Å². The number of ether oxygens (including phenoxy) is 4. The van der Waals surface area contributed by atoms with Gasteiger partial charge in [-0.2, -0.15) is 0 Å². The van der Waals surface area contributed by atoms with Crippen LogP contribution in [0.5, 0.6) is 0 Å². The summed E-state index contributed by atoms with van der Waals surface area (Å²) in [5, 5.41) is 87.3. The molecule has 1 amide bonds. The van der Waals surface area contributed by atoms with Crippen molar-refractivity contribution >= 4 is 5.91 Å². The number of hydrogen-bond acceptors (Lipinski definition) is 13. The number of carbonyl (C=O) groups is 1. The number of hydrogen-bond donors (Lipinski definition) is 9. The lowest BCUT2D eigenvalue weighted by Crippen LogP contribution is -2.65. The molecule has 0 aromatic heterocycles. The average Bonchev–Trinajstić information content (AvgIpc) is 3.40. The van der Waals surface area contributed by atoms with Crippen LogP contribution in [0.15, 0.2) is 0 Å². The molecule has 74 heavy (non-hydrogen) atoms. The highest BCUT2D eigenvalue weighted by Crippen LogP contribution is 2.30. The molecule has 2 aliphatic rings. The predicted octanol–water partition coefficient (Wildman–Crippen LogP) is 10.9. The highest BCUT2D eigenvalue weighted by molar-refractivity contribution is 5.76. The van der Waals surface area contributed by atoms with Crippen LogP contribution in [-0.2, 0) is 23.7 Å². The first-order valence-corrected chi connectivity index (χ1v) is 31.3. The summed E-state index contributed by atoms with van der Waals surface area (Å²) in [6, 6.07) is -0.822. The van der Waals surface area contributed by atoms with E-state index in [1.165, 1.54) is 205 Å². The van der Waals surface area contributed by atoms with Gasteiger partial charge < -0.3 is 65.1 Å². The molecule has 14 nitrogen and oxygen atoms in total. The Bertz CT molecular complexity index is 1250. The first kappa shape index (κ1) is 69.1. The number of amides is 1. The highest BCUT2D eigenvalue weighted by atomic mass is 16.7. The van der Waals surface area contributed by atoms with Gasteiger partial charge in [-0.3, -0.25) is 4.79 Å². The molecule has 440 valence electrons. The normalized spacial score (nSPS) is 25.1. The van der Waals surface area contributed by atoms with Gasteiger partial charge in [0.2, 0.25) is 5.91 Å². The molecule has 0 aromatic rings. The van der Waals surface area contributed by atoms with Crippen LogP contribution < -0.4 is 5.32 Å². The molecule has 2 saturated heterocycles. The van der Waals surface area contributed by atoms with E-state index in [9.17, 15) is 45.6 Å². The van der Waals surface area contributed by atoms with E-state index in [1.54, 1.807) is 0 Å². The maximum Gasteiger partial charge on any atom is 0.220 e. The Morgan fingerprint density at radius 1 is 0.432 bits per heavy atom. The lowest BCUT2D eigenvalue weighted by molar-refractivity contribution is -0.359. The summed E-state index contributed by atoms with van der Waals surface area (Å²) in [6.45, 7) is 2.90. The monoisotopic (exact) mass is 1060 g/mol. The van der Waals surface area contributed by atoms with Gasteiger partial charge in [0.1, 0.15) is 48.8 Å². The summed E-state index contributed by atoms with van der Waals surface area (Å²) in [4.78, 5) is 13.3. The van der Waals surface area contributed by atoms with Crippen LogP contribution in [0.25, 0.3) is 0 Å². The Kier molecular flexibility index (Phi) is 43.8. The molecule has 9 N–H and O–H groups in total. The second-order valence-electron chi connectivity index (χ2n) is 22.6. The van der Waals surface area contributed by atoms with Crippen LogP contribution in [0.2, 0.25) is 0 Å². The lowest BCUT2D eigenvalue weighted by atomic mass is 9.97. The van der Waals surface area contributed by atoms with Crippen molar-refractivity contribution in [3.63, 3.8) is 0 Å². The molecule has 0 bridgehead atoms. The summed E-state index contributed by atoms with van der Waals surface area (Å²) in [5.74, 6) is -0.199. The number of nitrogens with one attached hydrogen (secondary N) is 1. The van der Waals surface area contributed by atoms with Gasteiger partial charge in [-0.25, -0.2) is 0 Å². The van der Waals surface area contributed by atoms with E-state index in [0.717, 1.165) is 51.4 Å². The van der Waals surface area contributed by atoms with Gasteiger partial charge in [0, 0.05) is 6.42 Å². The lowest BCUT2D eigenvalue weighted by Gasteiger charge is -2.46. The summed E-state index contributed by atoms with van der Waals surface area (Å²) < 4.78 is 22.9. The third-order valence-electron chi connectivity index (χ3n) is 15.8. The zero-order valence-electron chi connectivity index (χ0n) is 47.4. The van der Waals surface area contributed by atoms with Gasteiger partial charge >= 0.3 is 0 Å². The van der Waals surface area contributed by atoms with E-state index in [1.807, 2.05) is 0 Å². The smallest absolute Gasteiger partial charge is 0.220 e. The van der Waals surface area contributed by atoms with Crippen molar-refractivity contribution in [1.82, 2.24) is 5.32 Å². The summed E-state index contributed by atoms with van der Waals surface area (Å²) >= 11 is 0. The van der Waals surface area contributed by atoms with Crippen molar-refractivity contribution in [2.45, 2.75) is 357 Å². The van der Waals surface area contributed by atoms with Gasteiger partial charge in [-0.05, 0) is 12.8 Å². The molecule has 0 spiro atoms. The SMILES string of the molecule is CCCCCCCCCCCCCCCCCCCCCCCCCCC(=O)N[C@@H](CO[C@@H]1O[C@H](CO)[C@@H](O[C@@H]2O[C@H](CO)[C@H](O)C(O)C2O)C(O)C1O)[C@H](O)CCCCCCCCCCCCCCCCCC. The Morgan fingerprint density at radius 3 is 1.15 bits per heavy atom. The molecule has 0 radical (unpaired) electrons. The van der Waals surface area contributed by atoms with Gasteiger partial charge in [-0.1, -0.05) is 264 Å². The molecule has 0 aliphatic carbocycles. The summed E-state index contributed by atoms with van der Waals surface area (Å²) in [7, 11) is 0. The number of aliphatic hydroxyl groups excluding tert-OH is 8. The van der Waals surface area contributed by atoms with Crippen molar-refractivity contribution in [3.8, 4) is 0 Å². The fourth-order valence-corrected chi connectivity index (χ4v) is 10.8. The predicted molar refractivity (Wildman–Crippen MR) is 296 cm³/mol. The van der Waals surface area contributed by atoms with Gasteiger partial charge in [0.25, 0.3) is 0 Å². The molecule has 2 aliphatic heterocycles. The third kappa shape index (κ3) is 32.2. The number of carbonyl (C=O) groups excluding carboxylic acids is 1. The molecular formula is C60H117NO13. The topological polar surface area (TPSA) is 228 Å². The fourth-order valence-electron chi connectivity index (χ4n) is 10.8. The van der Waals surface area contributed by atoms with E-state index in [4.69, 9.17) is 18.9 Å². The van der Waals surface area contributed by atoms with Crippen LogP contribution in [-0.4, -0.2) is 140 Å². The van der Waals surface area contributed by atoms with E-state index in [0.29, 0.717) is 12.8 Å². The maximum absolute atomic E-state index is 13.3. The largest absolute Gasteiger partial charge is 0.394 e. The van der Waals surface area contributed by atoms with Crippen molar-refractivity contribution < 1.29 is 64.6 Å². The highest BCUT2D eigenvalue weighted by Gasteiger charge is 2.51. The van der Waals surface area contributed by atoms with Crippen LogP contribution in [0.1, 0.15) is 284 Å². The summed E-state index contributed by atoms with van der Waals surface area (Å²) in [6.07, 6.45) is 35.3. The van der Waals surface area contributed by atoms with Crippen LogP contribution in [0.3, 0.4) is 0 Å². The van der Waals surface area contributed by atoms with Crippen molar-refractivity contribution in [1.29, 1.82) is 0 Å². The number of rotatable bonds is 51. The maximum atomic E-state index is 13.3. The van der Waals surface area contributed by atoms with E-state index < -0.39 is 86.8 Å². The Balaban J connectivity index is 1.71. The molecule has 2 rings (SSSR count). The quantitative estimate of drug-likeness (QED) is 0.0259.